The van der Waals surface area contributed by atoms with E-state index in [0.29, 0.717) is 28.6 Å². The van der Waals surface area contributed by atoms with Crippen LogP contribution in [0.4, 0.5) is 32.0 Å². The van der Waals surface area contributed by atoms with Gasteiger partial charge in [0, 0.05) is 35.4 Å². The van der Waals surface area contributed by atoms with Gasteiger partial charge >= 0.3 is 12.5 Å². The molecule has 1 N–H and O–H groups in total. The molecule has 4 rings (SSSR count). The van der Waals surface area contributed by atoms with Gasteiger partial charge in [-0.15, -0.1) is 13.2 Å². The highest BCUT2D eigenvalue weighted by atomic mass is 35.5. The molecular weight excluding hydrogens is 584 g/mol. The van der Waals surface area contributed by atoms with Crippen LogP contribution in [-0.2, 0) is 19.1 Å². The molecular formula is C31H26ClF6NO3. The molecule has 1 unspecified atom stereocenters. The van der Waals surface area contributed by atoms with Crippen molar-refractivity contribution in [1.29, 1.82) is 0 Å². The molecule has 222 valence electrons. The fourth-order valence-corrected chi connectivity index (χ4v) is 4.69. The Morgan fingerprint density at radius 3 is 2.21 bits per heavy atom. The molecule has 42 heavy (non-hydrogen) atoms. The second-order valence-corrected chi connectivity index (χ2v) is 9.75. The molecule has 0 aromatic heterocycles. The maximum Gasteiger partial charge on any atom is 0.573 e. The first-order valence-electron chi connectivity index (χ1n) is 12.8. The van der Waals surface area contributed by atoms with Gasteiger partial charge < -0.3 is 19.5 Å². The first-order chi connectivity index (χ1) is 19.8. The van der Waals surface area contributed by atoms with Gasteiger partial charge in [0.1, 0.15) is 17.2 Å². The van der Waals surface area contributed by atoms with Crippen LogP contribution in [0, 0.1) is 0 Å². The maximum atomic E-state index is 13.7. The van der Waals surface area contributed by atoms with E-state index in [1.165, 1.54) is 35.2 Å². The Kier molecular flexibility index (Phi) is 9.58. The molecule has 0 spiro atoms. The lowest BCUT2D eigenvalue weighted by Crippen LogP contribution is -2.30. The van der Waals surface area contributed by atoms with Crippen molar-refractivity contribution >= 4 is 17.3 Å². The molecule has 0 aliphatic rings. The van der Waals surface area contributed by atoms with Crippen LogP contribution in [0.3, 0.4) is 0 Å². The number of para-hydroxylation sites is 1. The number of rotatable bonds is 10. The predicted molar refractivity (Wildman–Crippen MR) is 148 cm³/mol. The molecule has 0 aliphatic heterocycles. The lowest BCUT2D eigenvalue weighted by atomic mass is 10.0. The van der Waals surface area contributed by atoms with E-state index in [4.69, 9.17) is 16.3 Å². The van der Waals surface area contributed by atoms with E-state index in [0.717, 1.165) is 23.8 Å². The van der Waals surface area contributed by atoms with Crippen LogP contribution in [0.25, 0.3) is 0 Å². The van der Waals surface area contributed by atoms with Crippen LogP contribution in [-0.4, -0.2) is 18.0 Å². The summed E-state index contributed by atoms with van der Waals surface area (Å²) < 4.78 is 90.6. The Morgan fingerprint density at radius 2 is 1.50 bits per heavy atom. The van der Waals surface area contributed by atoms with Gasteiger partial charge in [-0.3, -0.25) is 0 Å². The Balaban J connectivity index is 1.71. The van der Waals surface area contributed by atoms with Crippen molar-refractivity contribution in [2.75, 3.05) is 11.4 Å². The summed E-state index contributed by atoms with van der Waals surface area (Å²) in [7, 11) is 0. The fraction of sp³-hybridized carbons (Fsp3) is 0.226. The summed E-state index contributed by atoms with van der Waals surface area (Å²) >= 11 is 6.20. The number of aryl methyl sites for hydroxylation is 1. The van der Waals surface area contributed by atoms with E-state index < -0.39 is 36.5 Å². The monoisotopic (exact) mass is 609 g/mol. The van der Waals surface area contributed by atoms with Crippen LogP contribution < -0.4 is 14.4 Å². The highest BCUT2D eigenvalue weighted by Crippen LogP contribution is 2.37. The zero-order valence-corrected chi connectivity index (χ0v) is 23.0. The molecule has 0 saturated heterocycles. The van der Waals surface area contributed by atoms with Gasteiger partial charge in [-0.1, -0.05) is 61.0 Å². The summed E-state index contributed by atoms with van der Waals surface area (Å²) in [6, 6.07) is 21.6. The number of alkyl halides is 6. The van der Waals surface area contributed by atoms with Crippen molar-refractivity contribution in [3.63, 3.8) is 0 Å². The number of halogens is 7. The van der Waals surface area contributed by atoms with E-state index >= 15 is 0 Å². The van der Waals surface area contributed by atoms with Crippen LogP contribution >= 0.6 is 11.6 Å². The van der Waals surface area contributed by atoms with E-state index in [9.17, 15) is 31.4 Å². The van der Waals surface area contributed by atoms with Gasteiger partial charge in [0.05, 0.1) is 11.7 Å². The molecule has 0 fully saturated rings. The molecule has 0 amide bonds. The zero-order valence-electron chi connectivity index (χ0n) is 22.2. The molecule has 0 radical (unpaired) electrons. The first kappa shape index (κ1) is 31.1. The minimum absolute atomic E-state index is 0.0998. The first-order valence-corrected chi connectivity index (χ1v) is 13.2. The average Bonchev–Trinajstić information content (AvgIpc) is 2.93. The SMILES string of the molecule is CCc1cc(Oc2cccc(N(Cc3ccccc3OC(F)(F)F)CC(O)c3ccccc3C(F)(F)F)c2)ccc1Cl. The molecule has 0 saturated carbocycles. The lowest BCUT2D eigenvalue weighted by Gasteiger charge is -2.29. The molecule has 4 aromatic carbocycles. The summed E-state index contributed by atoms with van der Waals surface area (Å²) in [4.78, 5) is 1.46. The number of anilines is 1. The largest absolute Gasteiger partial charge is 0.573 e. The predicted octanol–water partition coefficient (Wildman–Crippen LogP) is 9.35. The van der Waals surface area contributed by atoms with Crippen LogP contribution in [0.2, 0.25) is 5.02 Å². The van der Waals surface area contributed by atoms with E-state index in [-0.39, 0.29) is 17.7 Å². The molecule has 1 atom stereocenters. The number of ether oxygens (including phenoxy) is 2. The van der Waals surface area contributed by atoms with E-state index in [2.05, 4.69) is 4.74 Å². The second kappa shape index (κ2) is 13.0. The van der Waals surface area contributed by atoms with Gasteiger partial charge in [0.15, 0.2) is 0 Å². The molecule has 4 aromatic rings. The normalized spacial score (nSPS) is 12.6. The molecule has 11 heteroatoms. The third kappa shape index (κ3) is 8.10. The summed E-state index contributed by atoms with van der Waals surface area (Å²) in [6.45, 7) is 1.31. The van der Waals surface area contributed by atoms with Crippen molar-refractivity contribution in [1.82, 2.24) is 0 Å². The molecule has 0 aliphatic carbocycles. The number of aliphatic hydroxyl groups is 1. The summed E-state index contributed by atoms with van der Waals surface area (Å²) in [5.74, 6) is 0.371. The van der Waals surface area contributed by atoms with Crippen LogP contribution in [0.1, 0.15) is 35.3 Å². The van der Waals surface area contributed by atoms with Gasteiger partial charge in [-0.2, -0.15) is 13.2 Å². The standard InChI is InChI=1S/C31H26ClF6NO3/c1-2-20-16-24(14-15-27(20)32)41-23-10-7-9-22(17-23)39(18-21-8-3-6-13-29(21)42-31(36,37)38)19-28(40)25-11-4-5-12-26(25)30(33,34)35/h3-17,28,40H,2,18-19H2,1H3. The van der Waals surface area contributed by atoms with Crippen molar-refractivity contribution in [3.8, 4) is 17.2 Å². The highest BCUT2D eigenvalue weighted by Gasteiger charge is 2.35. The molecule has 4 nitrogen and oxygen atoms in total. The number of benzene rings is 4. The van der Waals surface area contributed by atoms with Gasteiger partial charge in [-0.05, 0) is 60.0 Å². The quantitative estimate of drug-likeness (QED) is 0.182. The Hall–Kier alpha value is -3.89. The summed E-state index contributed by atoms with van der Waals surface area (Å²) in [6.07, 6.45) is -10.7. The highest BCUT2D eigenvalue weighted by molar-refractivity contribution is 6.31. The fourth-order valence-electron chi connectivity index (χ4n) is 4.44. The Morgan fingerprint density at radius 1 is 0.810 bits per heavy atom. The Labute approximate surface area is 243 Å². The Bertz CT molecular complexity index is 1510. The maximum absolute atomic E-state index is 13.7. The minimum atomic E-state index is -4.96. The van der Waals surface area contributed by atoms with Crippen molar-refractivity contribution in [2.45, 2.75) is 38.5 Å². The number of hydrogen-bond acceptors (Lipinski definition) is 4. The van der Waals surface area contributed by atoms with Gasteiger partial charge in [-0.25, -0.2) is 0 Å². The molecule has 0 heterocycles. The van der Waals surface area contributed by atoms with Crippen molar-refractivity contribution in [2.24, 2.45) is 0 Å². The number of nitrogens with zero attached hydrogens (tertiary/aromatic N) is 1. The lowest BCUT2D eigenvalue weighted by molar-refractivity contribution is -0.274. The number of hydrogen-bond donors (Lipinski definition) is 1. The minimum Gasteiger partial charge on any atom is -0.457 e. The zero-order chi connectivity index (χ0) is 30.5. The van der Waals surface area contributed by atoms with Crippen LogP contribution in [0.5, 0.6) is 17.2 Å². The van der Waals surface area contributed by atoms with Crippen molar-refractivity contribution in [3.05, 3.63) is 118 Å². The van der Waals surface area contributed by atoms with Crippen molar-refractivity contribution < 1.29 is 40.9 Å². The third-order valence-electron chi connectivity index (χ3n) is 6.39. The summed E-state index contributed by atoms with van der Waals surface area (Å²) in [5.41, 5.74) is -0.0368. The smallest absolute Gasteiger partial charge is 0.457 e. The average molecular weight is 610 g/mol. The topological polar surface area (TPSA) is 41.9 Å². The summed E-state index contributed by atoms with van der Waals surface area (Å²) in [5, 5.41) is 11.6. The van der Waals surface area contributed by atoms with Gasteiger partial charge in [0.2, 0.25) is 0 Å². The third-order valence-corrected chi connectivity index (χ3v) is 6.76. The van der Waals surface area contributed by atoms with Gasteiger partial charge in [0.25, 0.3) is 0 Å². The molecule has 0 bridgehead atoms. The van der Waals surface area contributed by atoms with Crippen LogP contribution in [0.15, 0.2) is 91.0 Å². The second-order valence-electron chi connectivity index (χ2n) is 9.34. The number of aliphatic hydroxyl groups excluding tert-OH is 1. The van der Waals surface area contributed by atoms with E-state index in [1.807, 2.05) is 6.92 Å². The van der Waals surface area contributed by atoms with E-state index in [1.54, 1.807) is 42.5 Å².